The van der Waals surface area contributed by atoms with Crippen LogP contribution >= 0.6 is 0 Å². The molecular weight excluding hydrogens is 288 g/mol. The fraction of sp³-hybridized carbons (Fsp3) is 0.684. The molecule has 1 heterocycles. The second-order valence-corrected chi connectivity index (χ2v) is 7.38. The zero-order valence-corrected chi connectivity index (χ0v) is 14.5. The Labute approximate surface area is 140 Å². The molecule has 0 radical (unpaired) electrons. The molecule has 0 aromatic rings. The minimum Gasteiger partial charge on any atom is -0.355 e. The molecule has 4 nitrogen and oxygen atoms in total. The van der Waals surface area contributed by atoms with Gasteiger partial charge in [0, 0.05) is 37.9 Å². The van der Waals surface area contributed by atoms with Gasteiger partial charge in [-0.3, -0.25) is 9.59 Å². The lowest BCUT2D eigenvalue weighted by molar-refractivity contribution is -0.133. The van der Waals surface area contributed by atoms with Crippen LogP contribution in [0.25, 0.3) is 0 Å². The van der Waals surface area contributed by atoms with Crippen molar-refractivity contribution in [3.8, 4) is 0 Å². The van der Waals surface area contributed by atoms with Crippen LogP contribution in [0.4, 0.5) is 0 Å². The van der Waals surface area contributed by atoms with E-state index in [1.54, 1.807) is 0 Å². The van der Waals surface area contributed by atoms with Crippen molar-refractivity contribution in [1.82, 2.24) is 10.2 Å². The smallest absolute Gasteiger partial charge is 0.222 e. The molecule has 2 aliphatic rings. The van der Waals surface area contributed by atoms with Crippen LogP contribution in [0.2, 0.25) is 0 Å². The molecule has 0 spiro atoms. The van der Waals surface area contributed by atoms with Gasteiger partial charge in [-0.25, -0.2) is 0 Å². The molecule has 0 bridgehead atoms. The Morgan fingerprint density at radius 1 is 1.17 bits per heavy atom. The van der Waals surface area contributed by atoms with Gasteiger partial charge in [0.15, 0.2) is 0 Å². The molecule has 0 unspecified atom stereocenters. The first-order chi connectivity index (χ1) is 11.0. The number of rotatable bonds is 6. The molecule has 1 saturated heterocycles. The molecule has 1 aliphatic heterocycles. The van der Waals surface area contributed by atoms with Gasteiger partial charge in [0.2, 0.25) is 11.8 Å². The highest BCUT2D eigenvalue weighted by Crippen LogP contribution is 2.26. The van der Waals surface area contributed by atoms with Gasteiger partial charge < -0.3 is 10.2 Å². The molecule has 2 rings (SSSR count). The number of hydrogen-bond acceptors (Lipinski definition) is 2. The molecule has 0 aromatic carbocycles. The normalized spacial score (nSPS) is 25.2. The quantitative estimate of drug-likeness (QED) is 0.818. The van der Waals surface area contributed by atoms with Crippen molar-refractivity contribution in [3.63, 3.8) is 0 Å². The lowest BCUT2D eigenvalue weighted by Gasteiger charge is -2.28. The van der Waals surface area contributed by atoms with E-state index in [0.717, 1.165) is 32.4 Å². The predicted molar refractivity (Wildman–Crippen MR) is 92.8 cm³/mol. The number of amides is 2. The van der Waals surface area contributed by atoms with Gasteiger partial charge in [0.25, 0.3) is 0 Å². The van der Waals surface area contributed by atoms with Crippen LogP contribution in [0.3, 0.4) is 0 Å². The molecule has 0 aromatic heterocycles. The average molecular weight is 318 g/mol. The molecule has 1 aliphatic carbocycles. The topological polar surface area (TPSA) is 49.4 Å². The fourth-order valence-corrected chi connectivity index (χ4v) is 3.23. The average Bonchev–Trinajstić information content (AvgIpc) is 2.54. The summed E-state index contributed by atoms with van der Waals surface area (Å²) in [6, 6.07) is 0. The fourth-order valence-electron chi connectivity index (χ4n) is 3.23. The second-order valence-electron chi connectivity index (χ2n) is 7.38. The molecule has 2 amide bonds. The summed E-state index contributed by atoms with van der Waals surface area (Å²) in [6.07, 6.45) is 13.7. The summed E-state index contributed by atoms with van der Waals surface area (Å²) >= 11 is 0. The van der Waals surface area contributed by atoms with Crippen LogP contribution < -0.4 is 5.32 Å². The van der Waals surface area contributed by atoms with Crippen LogP contribution in [0, 0.1) is 11.3 Å². The highest BCUT2D eigenvalue weighted by Gasteiger charge is 2.23. The van der Waals surface area contributed by atoms with Crippen LogP contribution in [0.5, 0.6) is 0 Å². The Morgan fingerprint density at radius 3 is 2.57 bits per heavy atom. The van der Waals surface area contributed by atoms with Gasteiger partial charge in [-0.15, -0.1) is 0 Å². The lowest BCUT2D eigenvalue weighted by Crippen LogP contribution is -2.38. The Kier molecular flexibility index (Phi) is 6.43. The summed E-state index contributed by atoms with van der Waals surface area (Å²) in [7, 11) is 0. The van der Waals surface area contributed by atoms with Crippen LogP contribution in [0.15, 0.2) is 24.3 Å². The van der Waals surface area contributed by atoms with Crippen molar-refractivity contribution in [1.29, 1.82) is 0 Å². The molecule has 128 valence electrons. The van der Waals surface area contributed by atoms with E-state index >= 15 is 0 Å². The number of carbonyl (C=O) groups is 2. The Bertz CT molecular complexity index is 478. The van der Waals surface area contributed by atoms with Gasteiger partial charge in [0.05, 0.1) is 0 Å². The standard InChI is InChI=1S/C19H30N2O2/c1-16(14-18(23)21-11-7-4-8-12-21)13-17(22)20-15-19(2)9-5-3-6-10-19/h3,5-6,9,16H,4,7-8,10-15H2,1-2H3,(H,20,22)/t16-,19+/m1/s1. The SMILES string of the molecule is C[C@H](CC(=O)NC[C@@]1(C)C=CC=CC1)CC(=O)N1CCCCC1. The van der Waals surface area contributed by atoms with E-state index in [-0.39, 0.29) is 23.1 Å². The maximum atomic E-state index is 12.2. The van der Waals surface area contributed by atoms with Crippen molar-refractivity contribution in [2.75, 3.05) is 19.6 Å². The highest BCUT2D eigenvalue weighted by atomic mass is 16.2. The van der Waals surface area contributed by atoms with Crippen molar-refractivity contribution in [3.05, 3.63) is 24.3 Å². The molecule has 0 saturated carbocycles. The van der Waals surface area contributed by atoms with E-state index in [1.807, 2.05) is 24.0 Å². The van der Waals surface area contributed by atoms with Gasteiger partial charge in [0.1, 0.15) is 0 Å². The van der Waals surface area contributed by atoms with Gasteiger partial charge in [-0.1, -0.05) is 38.2 Å². The third kappa shape index (κ3) is 5.85. The monoisotopic (exact) mass is 318 g/mol. The summed E-state index contributed by atoms with van der Waals surface area (Å²) in [5, 5.41) is 3.03. The third-order valence-electron chi connectivity index (χ3n) is 4.79. The predicted octanol–water partition coefficient (Wildman–Crippen LogP) is 3.05. The number of likely N-dealkylation sites (tertiary alicyclic amines) is 1. The zero-order chi connectivity index (χ0) is 16.7. The number of piperidine rings is 1. The van der Waals surface area contributed by atoms with Gasteiger partial charge >= 0.3 is 0 Å². The van der Waals surface area contributed by atoms with Crippen LogP contribution in [-0.2, 0) is 9.59 Å². The minimum atomic E-state index is 0.0112. The maximum Gasteiger partial charge on any atom is 0.222 e. The second kappa shape index (κ2) is 8.32. The molecule has 1 fully saturated rings. The maximum absolute atomic E-state index is 12.2. The number of hydrogen-bond donors (Lipinski definition) is 1. The Hall–Kier alpha value is -1.58. The first kappa shape index (κ1) is 17.8. The third-order valence-corrected chi connectivity index (χ3v) is 4.79. The van der Waals surface area contributed by atoms with Crippen molar-refractivity contribution in [2.24, 2.45) is 11.3 Å². The zero-order valence-electron chi connectivity index (χ0n) is 14.5. The molecule has 1 N–H and O–H groups in total. The van der Waals surface area contributed by atoms with E-state index in [9.17, 15) is 9.59 Å². The molecule has 23 heavy (non-hydrogen) atoms. The molecular formula is C19H30N2O2. The van der Waals surface area contributed by atoms with Crippen LogP contribution in [-0.4, -0.2) is 36.3 Å². The van der Waals surface area contributed by atoms with E-state index in [2.05, 4.69) is 24.4 Å². The van der Waals surface area contributed by atoms with Crippen molar-refractivity contribution >= 4 is 11.8 Å². The Balaban J connectivity index is 1.68. The lowest BCUT2D eigenvalue weighted by atomic mass is 9.83. The van der Waals surface area contributed by atoms with Crippen molar-refractivity contribution in [2.45, 2.75) is 52.4 Å². The van der Waals surface area contributed by atoms with Gasteiger partial charge in [-0.2, -0.15) is 0 Å². The van der Waals surface area contributed by atoms with Crippen LogP contribution in [0.1, 0.15) is 52.4 Å². The van der Waals surface area contributed by atoms with E-state index < -0.39 is 0 Å². The number of allylic oxidation sites excluding steroid dienone is 3. The first-order valence-electron chi connectivity index (χ1n) is 8.87. The largest absolute Gasteiger partial charge is 0.355 e. The summed E-state index contributed by atoms with van der Waals surface area (Å²) < 4.78 is 0. The van der Waals surface area contributed by atoms with Crippen molar-refractivity contribution < 1.29 is 9.59 Å². The van der Waals surface area contributed by atoms with Gasteiger partial charge in [-0.05, 0) is 31.6 Å². The van der Waals surface area contributed by atoms with E-state index in [1.165, 1.54) is 6.42 Å². The van der Waals surface area contributed by atoms with E-state index in [0.29, 0.717) is 19.4 Å². The van der Waals surface area contributed by atoms with E-state index in [4.69, 9.17) is 0 Å². The molecule has 4 heteroatoms. The Morgan fingerprint density at radius 2 is 1.91 bits per heavy atom. The summed E-state index contributed by atoms with van der Waals surface area (Å²) in [4.78, 5) is 26.3. The summed E-state index contributed by atoms with van der Waals surface area (Å²) in [5.41, 5.74) is 0.0112. The summed E-state index contributed by atoms with van der Waals surface area (Å²) in [5.74, 6) is 0.351. The number of carbonyl (C=O) groups excluding carboxylic acids is 2. The summed E-state index contributed by atoms with van der Waals surface area (Å²) in [6.45, 7) is 6.56. The number of nitrogens with zero attached hydrogens (tertiary/aromatic N) is 1. The number of nitrogens with one attached hydrogen (secondary N) is 1. The highest BCUT2D eigenvalue weighted by molar-refractivity contribution is 5.79. The first-order valence-corrected chi connectivity index (χ1v) is 8.87. The molecule has 2 atom stereocenters. The minimum absolute atomic E-state index is 0.0112.